The topological polar surface area (TPSA) is 71.7 Å². The number of rotatable bonds is 8. The van der Waals surface area contributed by atoms with Crippen LogP contribution >= 0.6 is 0 Å². The fraction of sp³-hybridized carbons (Fsp3) is 0.500. The number of aromatic amines is 1. The molecule has 3 atom stereocenters. The summed E-state index contributed by atoms with van der Waals surface area (Å²) in [6.45, 7) is 5.51. The second kappa shape index (κ2) is 9.01. The van der Waals surface area contributed by atoms with E-state index in [1.54, 1.807) is 0 Å². The monoisotopic (exact) mass is 374 g/mol. The number of likely N-dealkylation sites (tertiary alicyclic amines) is 1. The number of benzene rings is 1. The van der Waals surface area contributed by atoms with Crippen LogP contribution in [-0.2, 0) is 16.6 Å². The van der Waals surface area contributed by atoms with Crippen LogP contribution in [0.15, 0.2) is 36.7 Å². The molecule has 1 aliphatic rings. The highest BCUT2D eigenvalue weighted by Gasteiger charge is 2.43. The maximum atomic E-state index is 12.1. The van der Waals surface area contributed by atoms with Gasteiger partial charge < -0.3 is 19.7 Å². The van der Waals surface area contributed by atoms with E-state index < -0.39 is 0 Å². The van der Waals surface area contributed by atoms with E-state index in [9.17, 15) is 4.79 Å². The first-order valence-corrected chi connectivity index (χ1v) is 9.41. The summed E-state index contributed by atoms with van der Waals surface area (Å²) >= 11 is 0. The minimum Gasteiger partial charge on any atom is -0.487 e. The summed E-state index contributed by atoms with van der Waals surface area (Å²) in [5.74, 6) is 2.24. The standard InChI is InChI=1S/C20H28N4O3/c1-15-6-4-5-7-18(15)27-11-10-24-12-16(20-21-8-9-23(20)2)17(13-24)22-19(25)14-26-3/h4-9,16-17H,10-14H2,1-3H3,(H,22,25)/p+2/t16-,17-/m1/s1. The van der Waals surface area contributed by atoms with Crippen LogP contribution in [0.4, 0.5) is 0 Å². The lowest BCUT2D eigenvalue weighted by atomic mass is 10.0. The molecule has 7 heteroatoms. The molecule has 1 aliphatic heterocycles. The van der Waals surface area contributed by atoms with E-state index in [-0.39, 0.29) is 24.5 Å². The van der Waals surface area contributed by atoms with E-state index in [1.807, 2.05) is 37.6 Å². The molecular weight excluding hydrogens is 344 g/mol. The predicted octanol–water partition coefficient (Wildman–Crippen LogP) is -0.660. The molecule has 1 amide bonds. The second-order valence-electron chi connectivity index (χ2n) is 7.19. The Hall–Kier alpha value is -2.38. The second-order valence-corrected chi connectivity index (χ2v) is 7.19. The van der Waals surface area contributed by atoms with Crippen molar-refractivity contribution in [3.63, 3.8) is 0 Å². The van der Waals surface area contributed by atoms with E-state index in [0.29, 0.717) is 6.61 Å². The third kappa shape index (κ3) is 4.87. The third-order valence-corrected chi connectivity index (χ3v) is 5.19. The molecule has 0 aliphatic carbocycles. The van der Waals surface area contributed by atoms with E-state index in [0.717, 1.165) is 36.8 Å². The molecule has 1 fully saturated rings. The molecule has 3 N–H and O–H groups in total. The first-order chi connectivity index (χ1) is 13.1. The van der Waals surface area contributed by atoms with Crippen molar-refractivity contribution >= 4 is 5.91 Å². The quantitative estimate of drug-likeness (QED) is 0.537. The summed E-state index contributed by atoms with van der Waals surface area (Å²) in [5, 5.41) is 3.13. The van der Waals surface area contributed by atoms with Crippen LogP contribution in [0.3, 0.4) is 0 Å². The van der Waals surface area contributed by atoms with Crippen LogP contribution in [-0.4, -0.2) is 56.9 Å². The van der Waals surface area contributed by atoms with Gasteiger partial charge in [0, 0.05) is 7.11 Å². The Morgan fingerprint density at radius 3 is 2.89 bits per heavy atom. The number of imidazole rings is 1. The van der Waals surface area contributed by atoms with Crippen molar-refractivity contribution in [1.29, 1.82) is 0 Å². The number of H-pyrrole nitrogens is 1. The molecule has 0 spiro atoms. The molecule has 0 bridgehead atoms. The highest BCUT2D eigenvalue weighted by molar-refractivity contribution is 5.77. The van der Waals surface area contributed by atoms with Crippen molar-refractivity contribution in [2.75, 3.05) is 40.0 Å². The molecule has 1 aromatic carbocycles. The number of nitrogens with zero attached hydrogens (tertiary/aromatic N) is 1. The number of nitrogens with one attached hydrogen (secondary N) is 3. The van der Waals surface area contributed by atoms with Gasteiger partial charge in [0.05, 0.1) is 26.2 Å². The Kier molecular flexibility index (Phi) is 6.47. The van der Waals surface area contributed by atoms with Crippen LogP contribution < -0.4 is 19.5 Å². The number of aromatic nitrogens is 2. The van der Waals surface area contributed by atoms with Gasteiger partial charge in [-0.15, -0.1) is 0 Å². The van der Waals surface area contributed by atoms with Gasteiger partial charge in [-0.25, -0.2) is 9.55 Å². The van der Waals surface area contributed by atoms with Crippen molar-refractivity contribution in [1.82, 2.24) is 10.3 Å². The molecule has 7 nitrogen and oxygen atoms in total. The maximum absolute atomic E-state index is 12.1. The molecule has 27 heavy (non-hydrogen) atoms. The summed E-state index contributed by atoms with van der Waals surface area (Å²) < 4.78 is 13.0. The molecular formula is C20H30N4O3+2. The van der Waals surface area contributed by atoms with E-state index >= 15 is 0 Å². The van der Waals surface area contributed by atoms with Crippen LogP contribution in [0.2, 0.25) is 0 Å². The highest BCUT2D eigenvalue weighted by Crippen LogP contribution is 2.17. The first kappa shape index (κ1) is 19.4. The molecule has 3 rings (SSSR count). The molecule has 1 saturated heterocycles. The van der Waals surface area contributed by atoms with Crippen molar-refractivity contribution in [3.05, 3.63) is 48.0 Å². The molecule has 0 saturated carbocycles. The minimum absolute atomic E-state index is 0.0703. The van der Waals surface area contributed by atoms with Gasteiger partial charge in [-0.2, -0.15) is 0 Å². The van der Waals surface area contributed by atoms with Gasteiger partial charge in [-0.1, -0.05) is 18.2 Å². The van der Waals surface area contributed by atoms with Crippen molar-refractivity contribution in [2.24, 2.45) is 7.05 Å². The molecule has 2 aromatic rings. The number of aryl methyl sites for hydroxylation is 2. The number of amides is 1. The zero-order valence-electron chi connectivity index (χ0n) is 16.3. The zero-order chi connectivity index (χ0) is 19.2. The lowest BCUT2D eigenvalue weighted by molar-refractivity contribution is -0.888. The predicted molar refractivity (Wildman–Crippen MR) is 101 cm³/mol. The van der Waals surface area contributed by atoms with Crippen molar-refractivity contribution in [2.45, 2.75) is 18.9 Å². The number of quaternary nitrogens is 1. The summed E-state index contributed by atoms with van der Waals surface area (Å²) in [5.41, 5.74) is 1.15. The van der Waals surface area contributed by atoms with Crippen LogP contribution in [0.25, 0.3) is 0 Å². The number of methoxy groups -OCH3 is 1. The van der Waals surface area contributed by atoms with Gasteiger partial charge in [-0.05, 0) is 18.6 Å². The third-order valence-electron chi connectivity index (χ3n) is 5.19. The average molecular weight is 374 g/mol. The first-order valence-electron chi connectivity index (χ1n) is 9.41. The number of carbonyl (C=O) groups excluding carboxylic acids is 1. The molecule has 1 aromatic heterocycles. The fourth-order valence-corrected chi connectivity index (χ4v) is 3.82. The van der Waals surface area contributed by atoms with Gasteiger partial charge in [-0.3, -0.25) is 4.79 Å². The molecule has 2 heterocycles. The van der Waals surface area contributed by atoms with Crippen molar-refractivity contribution in [3.8, 4) is 5.75 Å². The average Bonchev–Trinajstić information content (AvgIpc) is 3.22. The number of hydrogen-bond donors (Lipinski definition) is 3. The summed E-state index contributed by atoms with van der Waals surface area (Å²) in [6, 6.07) is 8.15. The number of para-hydroxylation sites is 1. The Morgan fingerprint density at radius 2 is 2.19 bits per heavy atom. The van der Waals surface area contributed by atoms with E-state index in [1.165, 1.54) is 12.0 Å². The Bertz CT molecular complexity index is 761. The Balaban J connectivity index is 1.61. The van der Waals surface area contributed by atoms with Crippen LogP contribution in [0.5, 0.6) is 5.75 Å². The smallest absolute Gasteiger partial charge is 0.265 e. The van der Waals surface area contributed by atoms with Gasteiger partial charge in [0.1, 0.15) is 43.8 Å². The Morgan fingerprint density at radius 1 is 1.37 bits per heavy atom. The number of hydrogen-bond acceptors (Lipinski definition) is 3. The van der Waals surface area contributed by atoms with E-state index in [4.69, 9.17) is 9.47 Å². The van der Waals surface area contributed by atoms with Gasteiger partial charge >= 0.3 is 0 Å². The van der Waals surface area contributed by atoms with Gasteiger partial charge in [0.25, 0.3) is 5.82 Å². The molecule has 0 radical (unpaired) electrons. The Labute approximate surface area is 160 Å². The molecule has 146 valence electrons. The number of carbonyl (C=O) groups is 1. The summed E-state index contributed by atoms with van der Waals surface area (Å²) in [4.78, 5) is 16.8. The number of ether oxygens (including phenoxy) is 2. The summed E-state index contributed by atoms with van der Waals surface area (Å²) in [7, 11) is 3.57. The zero-order valence-corrected chi connectivity index (χ0v) is 16.3. The molecule has 1 unspecified atom stereocenters. The lowest BCUT2D eigenvalue weighted by Crippen LogP contribution is -3.11. The summed E-state index contributed by atoms with van der Waals surface area (Å²) in [6.07, 6.45) is 3.94. The van der Waals surface area contributed by atoms with Crippen LogP contribution in [0, 0.1) is 6.92 Å². The van der Waals surface area contributed by atoms with Crippen LogP contribution in [0.1, 0.15) is 17.3 Å². The highest BCUT2D eigenvalue weighted by atomic mass is 16.5. The largest absolute Gasteiger partial charge is 0.487 e. The fourth-order valence-electron chi connectivity index (χ4n) is 3.82. The lowest BCUT2D eigenvalue weighted by Gasteiger charge is -2.15. The maximum Gasteiger partial charge on any atom is 0.265 e. The van der Waals surface area contributed by atoms with Gasteiger partial charge in [0.15, 0.2) is 0 Å². The normalized spacial score (nSPS) is 22.0. The van der Waals surface area contributed by atoms with Crippen molar-refractivity contribution < 1.29 is 23.7 Å². The van der Waals surface area contributed by atoms with Gasteiger partial charge in [0.2, 0.25) is 5.91 Å². The van der Waals surface area contributed by atoms with E-state index in [2.05, 4.69) is 27.9 Å². The SMILES string of the molecule is COCC(=O)N[C@@H]1C[NH+](CCOc2ccccc2C)C[C@H]1c1[nH]cc[n+]1C. The minimum atomic E-state index is -0.0703.